The maximum atomic E-state index is 13.8. The van der Waals surface area contributed by atoms with E-state index in [2.05, 4.69) is 4.98 Å². The number of carbonyl (C=O) groups excluding carboxylic acids is 1. The number of fused-ring (bicyclic) bond motifs is 2. The molecule has 0 saturated carbocycles. The van der Waals surface area contributed by atoms with Crippen LogP contribution in [0.5, 0.6) is 23.0 Å². The van der Waals surface area contributed by atoms with E-state index in [1.807, 2.05) is 51.1 Å². The lowest BCUT2D eigenvalue weighted by atomic mass is 9.79. The van der Waals surface area contributed by atoms with Crippen molar-refractivity contribution in [1.82, 2.24) is 4.98 Å². The number of ether oxygens (including phenoxy) is 4. The molecule has 1 aliphatic heterocycles. The van der Waals surface area contributed by atoms with E-state index in [1.165, 1.54) is 0 Å². The third-order valence-corrected chi connectivity index (χ3v) is 6.23. The minimum atomic E-state index is -0.675. The summed E-state index contributed by atoms with van der Waals surface area (Å²) in [5.41, 5.74) is 2.47. The van der Waals surface area contributed by atoms with Gasteiger partial charge in [-0.3, -0.25) is 9.78 Å². The lowest BCUT2D eigenvalue weighted by Crippen LogP contribution is -2.33. The predicted molar refractivity (Wildman–Crippen MR) is 124 cm³/mol. The van der Waals surface area contributed by atoms with E-state index in [9.17, 15) is 9.90 Å². The van der Waals surface area contributed by atoms with Crippen LogP contribution in [0.3, 0.4) is 0 Å². The molecule has 1 aromatic heterocycles. The number of phenols is 1. The average Bonchev–Trinajstić information content (AvgIpc) is 3.40. The number of aromatic hydroxyl groups is 1. The minimum absolute atomic E-state index is 0.0425. The molecule has 5 rings (SSSR count). The lowest BCUT2D eigenvalue weighted by molar-refractivity contribution is -0.160. The van der Waals surface area contributed by atoms with Crippen LogP contribution in [0.2, 0.25) is 0 Å². The van der Waals surface area contributed by atoms with Gasteiger partial charge in [-0.1, -0.05) is 18.2 Å². The number of hydrogen-bond acceptors (Lipinski definition) is 7. The highest BCUT2D eigenvalue weighted by atomic mass is 16.7. The Bertz CT molecular complexity index is 1250. The molecule has 34 heavy (non-hydrogen) atoms. The standard InChI is InChI=1S/C27H27NO6/c1-27(2,3)34-26(30)24-22(15-7-10-20-21(12-15)33-14-32-20)18-6-5-11-28-25(18)23(24)17-9-8-16(31-4)13-19(17)29/h5-13,22-24,29H,14H2,1-4H3/t22-,23-,24+/m0/s1. The third-order valence-electron chi connectivity index (χ3n) is 6.23. The zero-order valence-corrected chi connectivity index (χ0v) is 19.6. The monoisotopic (exact) mass is 461 g/mol. The van der Waals surface area contributed by atoms with Gasteiger partial charge in [-0.2, -0.15) is 0 Å². The first-order valence-electron chi connectivity index (χ1n) is 11.2. The number of hydrogen-bond donors (Lipinski definition) is 1. The van der Waals surface area contributed by atoms with Crippen molar-refractivity contribution in [3.63, 3.8) is 0 Å². The molecule has 0 bridgehead atoms. The highest BCUT2D eigenvalue weighted by Gasteiger charge is 2.49. The molecule has 176 valence electrons. The maximum absolute atomic E-state index is 13.8. The van der Waals surface area contributed by atoms with Crippen LogP contribution in [0, 0.1) is 5.92 Å². The van der Waals surface area contributed by atoms with Crippen molar-refractivity contribution in [2.75, 3.05) is 13.9 Å². The first kappa shape index (κ1) is 22.1. The van der Waals surface area contributed by atoms with E-state index < -0.39 is 17.4 Å². The maximum Gasteiger partial charge on any atom is 0.311 e. The van der Waals surface area contributed by atoms with Gasteiger partial charge >= 0.3 is 5.97 Å². The molecule has 2 aliphatic rings. The van der Waals surface area contributed by atoms with Crippen LogP contribution in [-0.2, 0) is 9.53 Å². The Morgan fingerprint density at radius 3 is 2.56 bits per heavy atom. The van der Waals surface area contributed by atoms with Gasteiger partial charge in [-0.05, 0) is 56.2 Å². The van der Waals surface area contributed by atoms with Crippen LogP contribution in [0.4, 0.5) is 0 Å². The summed E-state index contributed by atoms with van der Waals surface area (Å²) in [5.74, 6) is 0.0273. The van der Waals surface area contributed by atoms with Crippen molar-refractivity contribution in [2.24, 2.45) is 5.92 Å². The summed E-state index contributed by atoms with van der Waals surface area (Å²) in [6, 6.07) is 14.7. The van der Waals surface area contributed by atoms with E-state index in [4.69, 9.17) is 18.9 Å². The zero-order valence-electron chi connectivity index (χ0n) is 19.6. The van der Waals surface area contributed by atoms with Crippen molar-refractivity contribution >= 4 is 5.97 Å². The summed E-state index contributed by atoms with van der Waals surface area (Å²) in [7, 11) is 1.54. The molecule has 1 N–H and O–H groups in total. The van der Waals surface area contributed by atoms with Crippen LogP contribution < -0.4 is 14.2 Å². The highest BCUT2D eigenvalue weighted by Crippen LogP contribution is 2.55. The molecule has 0 fully saturated rings. The number of esters is 1. The van der Waals surface area contributed by atoms with E-state index in [1.54, 1.807) is 31.5 Å². The first-order chi connectivity index (χ1) is 16.3. The predicted octanol–water partition coefficient (Wildman–Crippen LogP) is 4.76. The van der Waals surface area contributed by atoms with Gasteiger partial charge < -0.3 is 24.1 Å². The summed E-state index contributed by atoms with van der Waals surface area (Å²) < 4.78 is 22.3. The second-order valence-corrected chi connectivity index (χ2v) is 9.53. The number of pyridine rings is 1. The number of rotatable bonds is 4. The molecule has 3 atom stereocenters. The SMILES string of the molecule is COc1ccc([C@@H]2c3ncccc3[C@H](c3ccc4c(c3)OCO4)[C@H]2C(=O)OC(C)(C)C)c(O)c1. The van der Waals surface area contributed by atoms with Crippen LogP contribution in [0.15, 0.2) is 54.7 Å². The summed E-state index contributed by atoms with van der Waals surface area (Å²) in [6.07, 6.45) is 1.71. The Kier molecular flexibility index (Phi) is 5.35. The molecular formula is C27H27NO6. The molecule has 7 heteroatoms. The van der Waals surface area contributed by atoms with E-state index in [0.717, 1.165) is 16.8 Å². The van der Waals surface area contributed by atoms with Crippen molar-refractivity contribution in [1.29, 1.82) is 0 Å². The molecule has 0 saturated heterocycles. The topological polar surface area (TPSA) is 87.1 Å². The van der Waals surface area contributed by atoms with Crippen LogP contribution in [-0.4, -0.2) is 35.6 Å². The fourth-order valence-electron chi connectivity index (χ4n) is 4.90. The molecule has 2 heterocycles. The fraction of sp³-hybridized carbons (Fsp3) is 0.333. The molecule has 1 aliphatic carbocycles. The van der Waals surface area contributed by atoms with Gasteiger partial charge in [0.25, 0.3) is 0 Å². The lowest BCUT2D eigenvalue weighted by Gasteiger charge is -2.29. The zero-order chi connectivity index (χ0) is 24.0. The van der Waals surface area contributed by atoms with E-state index in [-0.39, 0.29) is 24.4 Å². The quantitative estimate of drug-likeness (QED) is 0.561. The summed E-state index contributed by atoms with van der Waals surface area (Å²) >= 11 is 0. The third kappa shape index (κ3) is 3.81. The smallest absolute Gasteiger partial charge is 0.311 e. The second-order valence-electron chi connectivity index (χ2n) is 9.53. The Labute approximate surface area is 198 Å². The molecule has 0 spiro atoms. The Balaban J connectivity index is 1.69. The van der Waals surface area contributed by atoms with Gasteiger partial charge in [0.15, 0.2) is 11.5 Å². The highest BCUT2D eigenvalue weighted by molar-refractivity contribution is 5.80. The molecule has 0 radical (unpaired) electrons. The van der Waals surface area contributed by atoms with Gasteiger partial charge in [0.1, 0.15) is 17.1 Å². The van der Waals surface area contributed by atoms with Gasteiger partial charge in [0.05, 0.1) is 18.7 Å². The fourth-order valence-corrected chi connectivity index (χ4v) is 4.90. The summed E-state index contributed by atoms with van der Waals surface area (Å²) in [6.45, 7) is 5.71. The molecule has 0 amide bonds. The van der Waals surface area contributed by atoms with Crippen LogP contribution in [0.25, 0.3) is 0 Å². The van der Waals surface area contributed by atoms with Crippen molar-refractivity contribution in [3.8, 4) is 23.0 Å². The Morgan fingerprint density at radius 2 is 1.82 bits per heavy atom. The van der Waals surface area contributed by atoms with Crippen LogP contribution >= 0.6 is 0 Å². The van der Waals surface area contributed by atoms with E-state index >= 15 is 0 Å². The average molecular weight is 462 g/mol. The first-order valence-corrected chi connectivity index (χ1v) is 11.2. The molecule has 3 aromatic rings. The van der Waals surface area contributed by atoms with Crippen LogP contribution in [0.1, 0.15) is 55.0 Å². The Morgan fingerprint density at radius 1 is 1.03 bits per heavy atom. The summed E-state index contributed by atoms with van der Waals surface area (Å²) in [4.78, 5) is 18.4. The second kappa shape index (κ2) is 8.24. The minimum Gasteiger partial charge on any atom is -0.508 e. The van der Waals surface area contributed by atoms with Crippen molar-refractivity contribution in [2.45, 2.75) is 38.2 Å². The van der Waals surface area contributed by atoms with Gasteiger partial charge in [-0.25, -0.2) is 0 Å². The number of phenolic OH excluding ortho intramolecular Hbond substituents is 1. The molecule has 0 unspecified atom stereocenters. The van der Waals surface area contributed by atoms with Gasteiger partial charge in [0, 0.05) is 29.7 Å². The number of carbonyl (C=O) groups is 1. The molecule has 2 aromatic carbocycles. The van der Waals surface area contributed by atoms with E-state index in [0.29, 0.717) is 22.8 Å². The number of aromatic nitrogens is 1. The van der Waals surface area contributed by atoms with Gasteiger partial charge in [-0.15, -0.1) is 0 Å². The molecular weight excluding hydrogens is 434 g/mol. The summed E-state index contributed by atoms with van der Waals surface area (Å²) in [5, 5.41) is 10.9. The van der Waals surface area contributed by atoms with Gasteiger partial charge in [0.2, 0.25) is 6.79 Å². The molecule has 7 nitrogen and oxygen atoms in total. The number of methoxy groups -OCH3 is 1. The normalized spacial score (nSPS) is 20.6. The van der Waals surface area contributed by atoms with Crippen molar-refractivity contribution < 1.29 is 28.8 Å². The van der Waals surface area contributed by atoms with Crippen molar-refractivity contribution in [3.05, 3.63) is 77.1 Å². The number of nitrogens with zero attached hydrogens (tertiary/aromatic N) is 1. The largest absolute Gasteiger partial charge is 0.508 e. The number of benzene rings is 2. The Hall–Kier alpha value is -3.74.